The lowest BCUT2D eigenvalue weighted by atomic mass is 9.85. The van der Waals surface area contributed by atoms with Crippen LogP contribution in [0.2, 0.25) is 0 Å². The minimum absolute atomic E-state index is 0.456. The van der Waals surface area contributed by atoms with E-state index in [1.54, 1.807) is 11.1 Å². The van der Waals surface area contributed by atoms with Crippen molar-refractivity contribution in [3.05, 3.63) is 11.1 Å². The van der Waals surface area contributed by atoms with E-state index in [0.717, 1.165) is 19.1 Å². The molecule has 0 aromatic carbocycles. The molecule has 1 saturated heterocycles. The second-order valence-corrected chi connectivity index (χ2v) is 5.09. The van der Waals surface area contributed by atoms with Crippen molar-refractivity contribution in [2.45, 2.75) is 40.0 Å². The molecular formula is C12H20O. The summed E-state index contributed by atoms with van der Waals surface area (Å²) in [5.41, 5.74) is 3.81. The molecule has 0 aromatic heterocycles. The molecule has 0 saturated carbocycles. The van der Waals surface area contributed by atoms with Crippen molar-refractivity contribution in [2.24, 2.45) is 11.3 Å². The van der Waals surface area contributed by atoms with Gasteiger partial charge in [0.25, 0.3) is 0 Å². The van der Waals surface area contributed by atoms with Crippen LogP contribution >= 0.6 is 0 Å². The van der Waals surface area contributed by atoms with Crippen molar-refractivity contribution in [3.8, 4) is 0 Å². The molecule has 13 heavy (non-hydrogen) atoms. The molecule has 1 aliphatic carbocycles. The van der Waals surface area contributed by atoms with Gasteiger partial charge in [0.05, 0.1) is 6.61 Å². The Labute approximate surface area is 81.2 Å². The van der Waals surface area contributed by atoms with Crippen molar-refractivity contribution in [1.29, 1.82) is 0 Å². The van der Waals surface area contributed by atoms with Crippen LogP contribution in [0.5, 0.6) is 0 Å². The Kier molecular flexibility index (Phi) is 2.23. The monoisotopic (exact) mass is 180 g/mol. The van der Waals surface area contributed by atoms with Crippen molar-refractivity contribution in [2.75, 3.05) is 13.2 Å². The predicted molar refractivity (Wildman–Crippen MR) is 54.6 cm³/mol. The fourth-order valence-corrected chi connectivity index (χ4v) is 2.58. The van der Waals surface area contributed by atoms with E-state index in [0.29, 0.717) is 5.41 Å². The van der Waals surface area contributed by atoms with Gasteiger partial charge >= 0.3 is 0 Å². The van der Waals surface area contributed by atoms with Crippen LogP contribution in [-0.2, 0) is 4.74 Å². The third-order valence-electron chi connectivity index (χ3n) is 3.94. The van der Waals surface area contributed by atoms with E-state index in [9.17, 15) is 0 Å². The van der Waals surface area contributed by atoms with Gasteiger partial charge in [-0.25, -0.2) is 0 Å². The summed E-state index contributed by atoms with van der Waals surface area (Å²) < 4.78 is 5.45. The molecule has 0 bridgehead atoms. The van der Waals surface area contributed by atoms with Gasteiger partial charge in [0.2, 0.25) is 0 Å². The lowest BCUT2D eigenvalue weighted by molar-refractivity contribution is 0.190. The molecule has 74 valence electrons. The smallest absolute Gasteiger partial charge is 0.0532 e. The Morgan fingerprint density at radius 1 is 1.38 bits per heavy atom. The van der Waals surface area contributed by atoms with Crippen LogP contribution in [-0.4, -0.2) is 13.2 Å². The second-order valence-electron chi connectivity index (χ2n) is 5.09. The fraction of sp³-hybridized carbons (Fsp3) is 0.833. The second kappa shape index (κ2) is 3.13. The van der Waals surface area contributed by atoms with E-state index in [1.807, 2.05) is 0 Å². The zero-order chi connectivity index (χ0) is 9.47. The first-order chi connectivity index (χ1) is 6.11. The highest BCUT2D eigenvalue weighted by molar-refractivity contribution is 5.27. The fourth-order valence-electron chi connectivity index (χ4n) is 2.58. The maximum absolute atomic E-state index is 5.45. The van der Waals surface area contributed by atoms with Gasteiger partial charge in [-0.2, -0.15) is 0 Å². The lowest BCUT2D eigenvalue weighted by Gasteiger charge is -2.20. The van der Waals surface area contributed by atoms with Crippen molar-refractivity contribution in [3.63, 3.8) is 0 Å². The summed E-state index contributed by atoms with van der Waals surface area (Å²) in [4.78, 5) is 0. The molecule has 1 fully saturated rings. The molecular weight excluding hydrogens is 160 g/mol. The van der Waals surface area contributed by atoms with Gasteiger partial charge < -0.3 is 4.74 Å². The number of allylic oxidation sites excluding steroid dienone is 1. The Morgan fingerprint density at radius 3 is 2.62 bits per heavy atom. The van der Waals surface area contributed by atoms with E-state index in [-0.39, 0.29) is 0 Å². The van der Waals surface area contributed by atoms with Crippen LogP contribution < -0.4 is 0 Å². The highest BCUT2D eigenvalue weighted by Gasteiger charge is 2.33. The molecule has 1 nitrogen and oxygen atoms in total. The maximum atomic E-state index is 5.45. The maximum Gasteiger partial charge on any atom is 0.0532 e. The largest absolute Gasteiger partial charge is 0.381 e. The van der Waals surface area contributed by atoms with Gasteiger partial charge in [0.1, 0.15) is 0 Å². The Morgan fingerprint density at radius 2 is 2.15 bits per heavy atom. The van der Waals surface area contributed by atoms with E-state index < -0.39 is 0 Å². The van der Waals surface area contributed by atoms with Gasteiger partial charge in [0, 0.05) is 12.5 Å². The number of rotatable bonds is 1. The van der Waals surface area contributed by atoms with E-state index >= 15 is 0 Å². The van der Waals surface area contributed by atoms with Gasteiger partial charge in [0.15, 0.2) is 0 Å². The highest BCUT2D eigenvalue weighted by atomic mass is 16.5. The first-order valence-electron chi connectivity index (χ1n) is 5.39. The van der Waals surface area contributed by atoms with Crippen LogP contribution in [0.15, 0.2) is 11.1 Å². The molecule has 0 aromatic rings. The van der Waals surface area contributed by atoms with E-state index in [1.165, 1.54) is 19.3 Å². The SMILES string of the molecule is CC1=C(C2CCOC2)CCC1(C)C. The highest BCUT2D eigenvalue weighted by Crippen LogP contribution is 2.45. The third kappa shape index (κ3) is 1.54. The Balaban J connectivity index is 2.19. The summed E-state index contributed by atoms with van der Waals surface area (Å²) in [6.07, 6.45) is 3.90. The summed E-state index contributed by atoms with van der Waals surface area (Å²) in [7, 11) is 0. The zero-order valence-corrected chi connectivity index (χ0v) is 9.02. The predicted octanol–water partition coefficient (Wildman–Crippen LogP) is 3.16. The quantitative estimate of drug-likeness (QED) is 0.563. The summed E-state index contributed by atoms with van der Waals surface area (Å²) in [6, 6.07) is 0. The number of hydrogen-bond acceptors (Lipinski definition) is 1. The first kappa shape index (κ1) is 9.26. The minimum Gasteiger partial charge on any atom is -0.381 e. The minimum atomic E-state index is 0.456. The molecule has 0 radical (unpaired) electrons. The van der Waals surface area contributed by atoms with Crippen molar-refractivity contribution in [1.82, 2.24) is 0 Å². The normalized spacial score (nSPS) is 33.0. The molecule has 1 unspecified atom stereocenters. The average Bonchev–Trinajstić information content (AvgIpc) is 2.63. The average molecular weight is 180 g/mol. The van der Waals surface area contributed by atoms with Crippen LogP contribution in [0.25, 0.3) is 0 Å². The van der Waals surface area contributed by atoms with Crippen LogP contribution in [0.4, 0.5) is 0 Å². The topological polar surface area (TPSA) is 9.23 Å². The van der Waals surface area contributed by atoms with Gasteiger partial charge in [-0.3, -0.25) is 0 Å². The van der Waals surface area contributed by atoms with E-state index in [4.69, 9.17) is 4.74 Å². The molecule has 1 heteroatoms. The molecule has 2 aliphatic rings. The molecule has 0 N–H and O–H groups in total. The molecule has 0 spiro atoms. The zero-order valence-electron chi connectivity index (χ0n) is 9.02. The van der Waals surface area contributed by atoms with Gasteiger partial charge in [-0.15, -0.1) is 0 Å². The van der Waals surface area contributed by atoms with Crippen LogP contribution in [0, 0.1) is 11.3 Å². The van der Waals surface area contributed by atoms with E-state index in [2.05, 4.69) is 20.8 Å². The first-order valence-corrected chi connectivity index (χ1v) is 5.39. The molecule has 1 atom stereocenters. The third-order valence-corrected chi connectivity index (χ3v) is 3.94. The summed E-state index contributed by atoms with van der Waals surface area (Å²) in [5.74, 6) is 0.752. The van der Waals surface area contributed by atoms with Crippen molar-refractivity contribution >= 4 is 0 Å². The Bertz CT molecular complexity index is 232. The standard InChI is InChI=1S/C12H20O/c1-9-11(4-6-12(9,2)3)10-5-7-13-8-10/h10H,4-8H2,1-3H3. The molecule has 1 aliphatic heterocycles. The van der Waals surface area contributed by atoms with Gasteiger partial charge in [-0.05, 0) is 31.6 Å². The van der Waals surface area contributed by atoms with Crippen LogP contribution in [0.3, 0.4) is 0 Å². The number of ether oxygens (including phenoxy) is 1. The molecule has 2 rings (SSSR count). The molecule has 1 heterocycles. The summed E-state index contributed by atoms with van der Waals surface area (Å²) in [5, 5.41) is 0. The van der Waals surface area contributed by atoms with Crippen LogP contribution in [0.1, 0.15) is 40.0 Å². The number of hydrogen-bond donors (Lipinski definition) is 0. The van der Waals surface area contributed by atoms with Gasteiger partial charge in [-0.1, -0.05) is 25.0 Å². The lowest BCUT2D eigenvalue weighted by Crippen LogP contribution is -2.08. The Hall–Kier alpha value is -0.300. The summed E-state index contributed by atoms with van der Waals surface area (Å²) >= 11 is 0. The molecule has 0 amide bonds. The summed E-state index contributed by atoms with van der Waals surface area (Å²) in [6.45, 7) is 9.00. The van der Waals surface area contributed by atoms with Crippen molar-refractivity contribution < 1.29 is 4.74 Å².